The predicted octanol–water partition coefficient (Wildman–Crippen LogP) is 3.73. The van der Waals surface area contributed by atoms with Gasteiger partial charge in [-0.15, -0.1) is 10.2 Å². The van der Waals surface area contributed by atoms with Crippen molar-refractivity contribution < 1.29 is 4.42 Å². The highest BCUT2D eigenvalue weighted by Gasteiger charge is 2.16. The summed E-state index contributed by atoms with van der Waals surface area (Å²) in [7, 11) is 0. The molecule has 2 rings (SSSR count). The Bertz CT molecular complexity index is 606. The standard InChI is InChI=1S/C16H23N3OS/c1-10-6-12(16(3,4)5)7-11(2)13(10)9-21-15-19-18-14(8-17)20-15/h6-7H,8-9,17H2,1-5H3. The summed E-state index contributed by atoms with van der Waals surface area (Å²) in [6, 6.07) is 4.56. The van der Waals surface area contributed by atoms with E-state index in [-0.39, 0.29) is 12.0 Å². The van der Waals surface area contributed by atoms with E-state index in [2.05, 4.69) is 56.9 Å². The van der Waals surface area contributed by atoms with Crippen molar-refractivity contribution >= 4 is 11.8 Å². The van der Waals surface area contributed by atoms with E-state index in [1.54, 1.807) is 11.8 Å². The smallest absolute Gasteiger partial charge is 0.276 e. The summed E-state index contributed by atoms with van der Waals surface area (Å²) in [5, 5.41) is 8.44. The van der Waals surface area contributed by atoms with Crippen LogP contribution in [0, 0.1) is 13.8 Å². The molecule has 1 aromatic heterocycles. The average Bonchev–Trinajstić information content (AvgIpc) is 2.84. The zero-order valence-electron chi connectivity index (χ0n) is 13.4. The van der Waals surface area contributed by atoms with Crippen LogP contribution in [0.5, 0.6) is 0 Å². The maximum atomic E-state index is 5.47. The predicted molar refractivity (Wildman–Crippen MR) is 86.4 cm³/mol. The molecule has 0 unspecified atom stereocenters. The fraction of sp³-hybridized carbons (Fsp3) is 0.500. The van der Waals surface area contributed by atoms with Crippen LogP contribution in [0.3, 0.4) is 0 Å². The lowest BCUT2D eigenvalue weighted by molar-refractivity contribution is 0.415. The van der Waals surface area contributed by atoms with Gasteiger partial charge in [-0.3, -0.25) is 0 Å². The Morgan fingerprint density at radius 2 is 1.76 bits per heavy atom. The van der Waals surface area contributed by atoms with Crippen LogP contribution in [0.4, 0.5) is 0 Å². The fourth-order valence-corrected chi connectivity index (χ4v) is 3.14. The van der Waals surface area contributed by atoms with E-state index in [1.165, 1.54) is 22.3 Å². The highest BCUT2D eigenvalue weighted by Crippen LogP contribution is 2.30. The Morgan fingerprint density at radius 3 is 2.24 bits per heavy atom. The topological polar surface area (TPSA) is 64.9 Å². The zero-order chi connectivity index (χ0) is 15.6. The Balaban J connectivity index is 2.17. The Morgan fingerprint density at radius 1 is 1.14 bits per heavy atom. The summed E-state index contributed by atoms with van der Waals surface area (Å²) in [5.74, 6) is 1.31. The molecular weight excluding hydrogens is 282 g/mol. The van der Waals surface area contributed by atoms with Crippen LogP contribution in [-0.2, 0) is 17.7 Å². The summed E-state index contributed by atoms with van der Waals surface area (Å²) in [6.45, 7) is 11.3. The average molecular weight is 305 g/mol. The Hall–Kier alpha value is -1.33. The molecule has 114 valence electrons. The number of hydrogen-bond donors (Lipinski definition) is 1. The minimum Gasteiger partial charge on any atom is -0.415 e. The highest BCUT2D eigenvalue weighted by molar-refractivity contribution is 7.98. The van der Waals surface area contributed by atoms with Crippen molar-refractivity contribution in [2.75, 3.05) is 0 Å². The second-order valence-corrected chi connectivity index (χ2v) is 7.22. The van der Waals surface area contributed by atoms with Gasteiger partial charge in [0, 0.05) is 5.75 Å². The normalized spacial score (nSPS) is 11.9. The van der Waals surface area contributed by atoms with Crippen molar-refractivity contribution in [3.8, 4) is 0 Å². The molecule has 0 radical (unpaired) electrons. The molecule has 2 aromatic rings. The van der Waals surface area contributed by atoms with Gasteiger partial charge in [0.15, 0.2) is 0 Å². The lowest BCUT2D eigenvalue weighted by Crippen LogP contribution is -2.12. The number of benzene rings is 1. The molecule has 0 saturated carbocycles. The van der Waals surface area contributed by atoms with Crippen LogP contribution < -0.4 is 5.73 Å². The number of rotatable bonds is 4. The van der Waals surface area contributed by atoms with E-state index in [0.717, 1.165) is 5.75 Å². The quantitative estimate of drug-likeness (QED) is 0.872. The molecule has 4 nitrogen and oxygen atoms in total. The molecule has 1 heterocycles. The van der Waals surface area contributed by atoms with Crippen LogP contribution in [-0.4, -0.2) is 10.2 Å². The van der Waals surface area contributed by atoms with Crippen LogP contribution in [0.15, 0.2) is 21.8 Å². The van der Waals surface area contributed by atoms with Gasteiger partial charge in [0.25, 0.3) is 5.22 Å². The molecular formula is C16H23N3OS. The molecule has 0 amide bonds. The SMILES string of the molecule is Cc1cc(C(C)(C)C)cc(C)c1CSc1nnc(CN)o1. The molecule has 0 fully saturated rings. The largest absolute Gasteiger partial charge is 0.415 e. The number of nitrogens with two attached hydrogens (primary N) is 1. The van der Waals surface area contributed by atoms with Crippen LogP contribution in [0.2, 0.25) is 0 Å². The van der Waals surface area contributed by atoms with Gasteiger partial charge in [0.05, 0.1) is 6.54 Å². The molecule has 0 saturated heterocycles. The van der Waals surface area contributed by atoms with Gasteiger partial charge >= 0.3 is 0 Å². The van der Waals surface area contributed by atoms with Gasteiger partial charge in [0.1, 0.15) is 0 Å². The molecule has 0 bridgehead atoms. The summed E-state index contributed by atoms with van der Waals surface area (Å²) >= 11 is 1.56. The summed E-state index contributed by atoms with van der Waals surface area (Å²) in [6.07, 6.45) is 0. The molecule has 21 heavy (non-hydrogen) atoms. The van der Waals surface area contributed by atoms with E-state index < -0.39 is 0 Å². The van der Waals surface area contributed by atoms with Gasteiger partial charge in [-0.1, -0.05) is 44.7 Å². The second-order valence-electron chi connectivity index (χ2n) is 6.29. The molecule has 0 spiro atoms. The molecule has 0 aliphatic rings. The van der Waals surface area contributed by atoms with E-state index in [0.29, 0.717) is 11.1 Å². The zero-order valence-corrected chi connectivity index (χ0v) is 14.2. The summed E-state index contributed by atoms with van der Waals surface area (Å²) in [5.41, 5.74) is 11.0. The first-order valence-electron chi connectivity index (χ1n) is 7.07. The highest BCUT2D eigenvalue weighted by atomic mass is 32.2. The lowest BCUT2D eigenvalue weighted by atomic mass is 9.84. The van der Waals surface area contributed by atoms with Crippen LogP contribution >= 0.6 is 11.8 Å². The lowest BCUT2D eigenvalue weighted by Gasteiger charge is -2.22. The van der Waals surface area contributed by atoms with Gasteiger partial charge in [0.2, 0.25) is 5.89 Å². The maximum Gasteiger partial charge on any atom is 0.276 e. The molecule has 5 heteroatoms. The van der Waals surface area contributed by atoms with Crippen molar-refractivity contribution in [3.05, 3.63) is 40.3 Å². The minimum absolute atomic E-state index is 0.170. The molecule has 0 aliphatic heterocycles. The monoisotopic (exact) mass is 305 g/mol. The molecule has 0 atom stereocenters. The first-order chi connectivity index (χ1) is 9.81. The number of aromatic nitrogens is 2. The molecule has 1 aromatic carbocycles. The first kappa shape index (κ1) is 16.0. The van der Waals surface area contributed by atoms with Crippen LogP contribution in [0.1, 0.15) is 48.9 Å². The maximum absolute atomic E-state index is 5.47. The van der Waals surface area contributed by atoms with E-state index in [4.69, 9.17) is 10.2 Å². The minimum atomic E-state index is 0.170. The van der Waals surface area contributed by atoms with Crippen molar-refractivity contribution in [3.63, 3.8) is 0 Å². The van der Waals surface area contributed by atoms with Crippen molar-refractivity contribution in [2.24, 2.45) is 5.73 Å². The fourth-order valence-electron chi connectivity index (χ4n) is 2.17. The van der Waals surface area contributed by atoms with E-state index in [9.17, 15) is 0 Å². The Kier molecular flexibility index (Phi) is 4.74. The number of hydrogen-bond acceptors (Lipinski definition) is 5. The van der Waals surface area contributed by atoms with E-state index in [1.807, 2.05) is 0 Å². The third-order valence-electron chi connectivity index (χ3n) is 3.52. The number of aryl methyl sites for hydroxylation is 2. The second kappa shape index (κ2) is 6.20. The Labute approximate surface area is 130 Å². The number of thioether (sulfide) groups is 1. The van der Waals surface area contributed by atoms with Gasteiger partial charge in [-0.25, -0.2) is 0 Å². The van der Waals surface area contributed by atoms with Gasteiger partial charge < -0.3 is 10.2 Å². The molecule has 0 aliphatic carbocycles. The van der Waals surface area contributed by atoms with Gasteiger partial charge in [-0.05, 0) is 41.5 Å². The third kappa shape index (κ3) is 3.86. The molecule has 2 N–H and O–H groups in total. The van der Waals surface area contributed by atoms with Crippen LogP contribution in [0.25, 0.3) is 0 Å². The number of nitrogens with zero attached hydrogens (tertiary/aromatic N) is 2. The van der Waals surface area contributed by atoms with Crippen molar-refractivity contribution in [1.82, 2.24) is 10.2 Å². The third-order valence-corrected chi connectivity index (χ3v) is 4.37. The van der Waals surface area contributed by atoms with Gasteiger partial charge in [-0.2, -0.15) is 0 Å². The van der Waals surface area contributed by atoms with Crippen molar-refractivity contribution in [1.29, 1.82) is 0 Å². The van der Waals surface area contributed by atoms with E-state index >= 15 is 0 Å². The summed E-state index contributed by atoms with van der Waals surface area (Å²) < 4.78 is 5.43. The summed E-state index contributed by atoms with van der Waals surface area (Å²) in [4.78, 5) is 0. The first-order valence-corrected chi connectivity index (χ1v) is 8.05. The van der Waals surface area contributed by atoms with Crippen molar-refractivity contribution in [2.45, 2.75) is 57.6 Å².